The number of ether oxygens (including phenoxy) is 1. The molecule has 0 spiro atoms. The molecule has 2 rings (SSSR count). The number of rotatable bonds is 5. The predicted octanol–water partition coefficient (Wildman–Crippen LogP) is 1.75. The minimum absolute atomic E-state index is 0.0173. The Bertz CT molecular complexity index is 394. The lowest BCUT2D eigenvalue weighted by molar-refractivity contribution is -0.136. The topological polar surface area (TPSA) is 71.5 Å². The fraction of sp³-hybridized carbons (Fsp3) is 0.636. The zero-order valence-electron chi connectivity index (χ0n) is 9.68. The van der Waals surface area contributed by atoms with E-state index in [9.17, 15) is 4.79 Å². The minimum Gasteiger partial charge on any atom is -0.481 e. The Hall–Kier alpha value is -1.14. The first-order chi connectivity index (χ1) is 8.19. The highest BCUT2D eigenvalue weighted by Gasteiger charge is 2.27. The number of carbonyl (C=O) groups is 1. The lowest BCUT2D eigenvalue weighted by Gasteiger charge is -2.18. The highest BCUT2D eigenvalue weighted by atomic mass is 32.1. The Balaban J connectivity index is 1.94. The van der Waals surface area contributed by atoms with Crippen molar-refractivity contribution in [1.82, 2.24) is 4.98 Å². The van der Waals surface area contributed by atoms with Crippen molar-refractivity contribution < 1.29 is 14.6 Å². The molecule has 0 bridgehead atoms. The van der Waals surface area contributed by atoms with Crippen LogP contribution < -0.4 is 5.32 Å². The number of aromatic nitrogens is 1. The number of nitrogens with one attached hydrogen (secondary N) is 1. The third-order valence-corrected chi connectivity index (χ3v) is 3.77. The van der Waals surface area contributed by atoms with Crippen LogP contribution in [0.25, 0.3) is 0 Å². The van der Waals surface area contributed by atoms with E-state index in [0.29, 0.717) is 11.7 Å². The second-order valence-corrected chi connectivity index (χ2v) is 5.03. The van der Waals surface area contributed by atoms with Crippen molar-refractivity contribution >= 4 is 22.4 Å². The predicted molar refractivity (Wildman–Crippen MR) is 65.5 cm³/mol. The summed E-state index contributed by atoms with van der Waals surface area (Å²) in [7, 11) is 1.72. The number of methoxy groups -OCH3 is 1. The van der Waals surface area contributed by atoms with Crippen LogP contribution in [0.4, 0.5) is 5.13 Å². The summed E-state index contributed by atoms with van der Waals surface area (Å²) in [6.45, 7) is 0. The number of anilines is 1. The third kappa shape index (κ3) is 3.17. The van der Waals surface area contributed by atoms with Gasteiger partial charge in [0.25, 0.3) is 0 Å². The molecule has 94 valence electrons. The molecule has 0 aliphatic heterocycles. The Labute approximate surface area is 104 Å². The highest BCUT2D eigenvalue weighted by molar-refractivity contribution is 7.13. The molecule has 2 N–H and O–H groups in total. The molecule has 1 heterocycles. The SMILES string of the molecule is COC1CCCC1Nc1nc(CC(=O)O)cs1. The van der Waals surface area contributed by atoms with Gasteiger partial charge in [-0.05, 0) is 19.3 Å². The van der Waals surface area contributed by atoms with Gasteiger partial charge >= 0.3 is 5.97 Å². The van der Waals surface area contributed by atoms with E-state index in [4.69, 9.17) is 9.84 Å². The van der Waals surface area contributed by atoms with Gasteiger partial charge in [0.15, 0.2) is 5.13 Å². The molecule has 0 amide bonds. The molecule has 1 aromatic rings. The van der Waals surface area contributed by atoms with E-state index in [2.05, 4.69) is 10.3 Å². The maximum absolute atomic E-state index is 10.5. The molecule has 1 aliphatic rings. The van der Waals surface area contributed by atoms with E-state index in [0.717, 1.165) is 24.4 Å². The van der Waals surface area contributed by atoms with Gasteiger partial charge in [0.05, 0.1) is 24.3 Å². The molecular weight excluding hydrogens is 240 g/mol. The van der Waals surface area contributed by atoms with Crippen LogP contribution >= 0.6 is 11.3 Å². The molecule has 0 radical (unpaired) electrons. The Morgan fingerprint density at radius 2 is 2.53 bits per heavy atom. The summed E-state index contributed by atoms with van der Waals surface area (Å²) in [6, 6.07) is 0.295. The van der Waals surface area contributed by atoms with Crippen LogP contribution in [0.15, 0.2) is 5.38 Å². The summed E-state index contributed by atoms with van der Waals surface area (Å²) >= 11 is 1.45. The van der Waals surface area contributed by atoms with Gasteiger partial charge in [0, 0.05) is 12.5 Å². The van der Waals surface area contributed by atoms with E-state index in [1.54, 1.807) is 12.5 Å². The fourth-order valence-electron chi connectivity index (χ4n) is 2.14. The molecule has 1 fully saturated rings. The average Bonchev–Trinajstić information content (AvgIpc) is 2.87. The van der Waals surface area contributed by atoms with Gasteiger partial charge < -0.3 is 15.2 Å². The number of aliphatic carboxylic acids is 1. The summed E-state index contributed by atoms with van der Waals surface area (Å²) in [5.41, 5.74) is 0.608. The molecule has 0 saturated heterocycles. The number of hydrogen-bond donors (Lipinski definition) is 2. The molecule has 2 unspecified atom stereocenters. The van der Waals surface area contributed by atoms with Crippen molar-refractivity contribution in [2.45, 2.75) is 37.8 Å². The maximum Gasteiger partial charge on any atom is 0.309 e. The molecular formula is C11H16N2O3S. The summed E-state index contributed by atoms with van der Waals surface area (Å²) < 4.78 is 5.39. The van der Waals surface area contributed by atoms with Gasteiger partial charge in [0.2, 0.25) is 0 Å². The van der Waals surface area contributed by atoms with Crippen LogP contribution in [-0.2, 0) is 16.0 Å². The molecule has 1 aliphatic carbocycles. The number of nitrogens with zero attached hydrogens (tertiary/aromatic N) is 1. The normalized spacial score (nSPS) is 23.8. The van der Waals surface area contributed by atoms with Gasteiger partial charge in [-0.2, -0.15) is 0 Å². The zero-order valence-corrected chi connectivity index (χ0v) is 10.5. The number of carboxylic acid groups (broad SMARTS) is 1. The van der Waals surface area contributed by atoms with E-state index >= 15 is 0 Å². The highest BCUT2D eigenvalue weighted by Crippen LogP contribution is 2.26. The van der Waals surface area contributed by atoms with Gasteiger partial charge in [0.1, 0.15) is 0 Å². The molecule has 1 aromatic heterocycles. The van der Waals surface area contributed by atoms with Crippen LogP contribution in [0, 0.1) is 0 Å². The van der Waals surface area contributed by atoms with Crippen molar-refractivity contribution in [1.29, 1.82) is 0 Å². The van der Waals surface area contributed by atoms with E-state index in [1.807, 2.05) is 0 Å². The Morgan fingerprint density at radius 3 is 3.24 bits per heavy atom. The van der Waals surface area contributed by atoms with Crippen molar-refractivity contribution in [3.05, 3.63) is 11.1 Å². The smallest absolute Gasteiger partial charge is 0.309 e. The number of thiazole rings is 1. The summed E-state index contributed by atoms with van der Waals surface area (Å²) in [5, 5.41) is 14.6. The van der Waals surface area contributed by atoms with E-state index in [-0.39, 0.29) is 12.5 Å². The fourth-order valence-corrected chi connectivity index (χ4v) is 2.91. The largest absolute Gasteiger partial charge is 0.481 e. The molecule has 1 saturated carbocycles. The first kappa shape index (κ1) is 12.3. The van der Waals surface area contributed by atoms with E-state index < -0.39 is 5.97 Å². The van der Waals surface area contributed by atoms with Crippen molar-refractivity contribution in [3.63, 3.8) is 0 Å². The first-order valence-corrected chi connectivity index (χ1v) is 6.52. The molecule has 6 heteroatoms. The van der Waals surface area contributed by atoms with Gasteiger partial charge in [-0.1, -0.05) is 0 Å². The first-order valence-electron chi connectivity index (χ1n) is 5.64. The summed E-state index contributed by atoms with van der Waals surface area (Å²) in [4.78, 5) is 14.8. The summed E-state index contributed by atoms with van der Waals surface area (Å²) in [6.07, 6.45) is 3.52. The average molecular weight is 256 g/mol. The van der Waals surface area contributed by atoms with Crippen molar-refractivity contribution in [2.75, 3.05) is 12.4 Å². The summed E-state index contributed by atoms with van der Waals surface area (Å²) in [5.74, 6) is -0.850. The number of hydrogen-bond acceptors (Lipinski definition) is 5. The van der Waals surface area contributed by atoms with E-state index in [1.165, 1.54) is 11.3 Å². The quantitative estimate of drug-likeness (QED) is 0.839. The monoisotopic (exact) mass is 256 g/mol. The van der Waals surface area contributed by atoms with Crippen LogP contribution in [-0.4, -0.2) is 35.3 Å². The Morgan fingerprint density at radius 1 is 1.71 bits per heavy atom. The van der Waals surface area contributed by atoms with Gasteiger partial charge in [-0.3, -0.25) is 4.79 Å². The molecule has 0 aromatic carbocycles. The minimum atomic E-state index is -0.850. The van der Waals surface area contributed by atoms with Crippen LogP contribution in [0.1, 0.15) is 25.0 Å². The number of carboxylic acids is 1. The van der Waals surface area contributed by atoms with Gasteiger partial charge in [-0.25, -0.2) is 4.98 Å². The molecule has 2 atom stereocenters. The van der Waals surface area contributed by atoms with Crippen molar-refractivity contribution in [3.8, 4) is 0 Å². The van der Waals surface area contributed by atoms with Crippen LogP contribution in [0.5, 0.6) is 0 Å². The molecule has 17 heavy (non-hydrogen) atoms. The van der Waals surface area contributed by atoms with Crippen LogP contribution in [0.2, 0.25) is 0 Å². The van der Waals surface area contributed by atoms with Gasteiger partial charge in [-0.15, -0.1) is 11.3 Å². The lowest BCUT2D eigenvalue weighted by Crippen LogP contribution is -2.29. The standard InChI is InChI=1S/C11H16N2O3S/c1-16-9-4-2-3-8(9)13-11-12-7(6-17-11)5-10(14)15/h6,8-9H,2-5H2,1H3,(H,12,13)(H,14,15). The maximum atomic E-state index is 10.5. The third-order valence-electron chi connectivity index (χ3n) is 2.95. The Kier molecular flexibility index (Phi) is 3.96. The molecule has 5 nitrogen and oxygen atoms in total. The second-order valence-electron chi connectivity index (χ2n) is 4.17. The zero-order chi connectivity index (χ0) is 12.3. The second kappa shape index (κ2) is 5.46. The van der Waals surface area contributed by atoms with Crippen molar-refractivity contribution in [2.24, 2.45) is 0 Å². The lowest BCUT2D eigenvalue weighted by atomic mass is 10.2. The van der Waals surface area contributed by atoms with Crippen LogP contribution in [0.3, 0.4) is 0 Å².